The fourth-order valence-corrected chi connectivity index (χ4v) is 3.40. The lowest BCUT2D eigenvalue weighted by Gasteiger charge is -2.23. The summed E-state index contributed by atoms with van der Waals surface area (Å²) in [5.41, 5.74) is 0.794. The number of hydrogen-bond donors (Lipinski definition) is 2. The van der Waals surface area contributed by atoms with Crippen molar-refractivity contribution in [3.8, 4) is 0 Å². The van der Waals surface area contributed by atoms with Crippen LogP contribution in [-0.4, -0.2) is 25.7 Å². The van der Waals surface area contributed by atoms with E-state index in [2.05, 4.69) is 4.72 Å². The lowest BCUT2D eigenvalue weighted by molar-refractivity contribution is 0.0554. The first-order chi connectivity index (χ1) is 8.66. The van der Waals surface area contributed by atoms with Gasteiger partial charge in [0.15, 0.2) is 0 Å². The molecule has 1 unspecified atom stereocenters. The largest absolute Gasteiger partial charge is 0.389 e. The molecule has 0 saturated heterocycles. The number of rotatable bonds is 6. The van der Waals surface area contributed by atoms with Crippen LogP contribution in [0.15, 0.2) is 23.1 Å². The molecule has 1 aromatic rings. The molecule has 0 radical (unpaired) electrons. The molecule has 0 aliphatic heterocycles. The summed E-state index contributed by atoms with van der Waals surface area (Å²) in [6.07, 6.45) is 1.36. The summed E-state index contributed by atoms with van der Waals surface area (Å²) in [5, 5.41) is 10.0. The molecule has 0 heterocycles. The third kappa shape index (κ3) is 4.93. The van der Waals surface area contributed by atoms with Crippen LogP contribution in [0.5, 0.6) is 0 Å². The SMILES string of the molecule is CCCC(C)(O)CNS(=O)(=O)c1cc(C)cc(C)c1. The Balaban J connectivity index is 2.87. The summed E-state index contributed by atoms with van der Waals surface area (Å²) in [6.45, 7) is 7.34. The minimum Gasteiger partial charge on any atom is -0.389 e. The van der Waals surface area contributed by atoms with Crippen molar-refractivity contribution in [1.82, 2.24) is 4.72 Å². The van der Waals surface area contributed by atoms with Crippen LogP contribution in [0.2, 0.25) is 0 Å². The van der Waals surface area contributed by atoms with Gasteiger partial charge in [-0.05, 0) is 50.5 Å². The first kappa shape index (κ1) is 16.1. The Hall–Kier alpha value is -0.910. The van der Waals surface area contributed by atoms with Crippen LogP contribution < -0.4 is 4.72 Å². The zero-order valence-electron chi connectivity index (χ0n) is 12.0. The van der Waals surface area contributed by atoms with Crippen molar-refractivity contribution in [2.24, 2.45) is 0 Å². The van der Waals surface area contributed by atoms with E-state index >= 15 is 0 Å². The van der Waals surface area contributed by atoms with Gasteiger partial charge in [-0.2, -0.15) is 0 Å². The summed E-state index contributed by atoms with van der Waals surface area (Å²) in [6, 6.07) is 5.18. The smallest absolute Gasteiger partial charge is 0.240 e. The van der Waals surface area contributed by atoms with Gasteiger partial charge in [0.2, 0.25) is 10.0 Å². The van der Waals surface area contributed by atoms with Gasteiger partial charge in [-0.25, -0.2) is 13.1 Å². The van der Waals surface area contributed by atoms with E-state index < -0.39 is 15.6 Å². The third-order valence-electron chi connectivity index (χ3n) is 2.94. The summed E-state index contributed by atoms with van der Waals surface area (Å²) in [5.74, 6) is 0. The van der Waals surface area contributed by atoms with Gasteiger partial charge in [-0.3, -0.25) is 0 Å². The highest BCUT2D eigenvalue weighted by Crippen LogP contribution is 2.16. The zero-order chi connectivity index (χ0) is 14.7. The van der Waals surface area contributed by atoms with Crippen molar-refractivity contribution >= 4 is 10.0 Å². The Kier molecular flexibility index (Phi) is 5.12. The van der Waals surface area contributed by atoms with Crippen LogP contribution in [0.4, 0.5) is 0 Å². The van der Waals surface area contributed by atoms with Crippen molar-refractivity contribution in [1.29, 1.82) is 0 Å². The molecule has 0 aliphatic carbocycles. The first-order valence-corrected chi connectivity index (χ1v) is 7.95. The summed E-state index contributed by atoms with van der Waals surface area (Å²) >= 11 is 0. The lowest BCUT2D eigenvalue weighted by atomic mass is 10.0. The van der Waals surface area contributed by atoms with Crippen LogP contribution in [0.1, 0.15) is 37.8 Å². The van der Waals surface area contributed by atoms with Crippen molar-refractivity contribution < 1.29 is 13.5 Å². The van der Waals surface area contributed by atoms with Crippen LogP contribution in [0, 0.1) is 13.8 Å². The minimum absolute atomic E-state index is 0.0240. The van der Waals surface area contributed by atoms with E-state index in [1.165, 1.54) is 0 Å². The highest BCUT2D eigenvalue weighted by molar-refractivity contribution is 7.89. The Bertz CT molecular complexity index is 515. The van der Waals surface area contributed by atoms with E-state index in [1.54, 1.807) is 19.1 Å². The predicted octanol–water partition coefficient (Wildman–Crippen LogP) is 2.13. The zero-order valence-corrected chi connectivity index (χ0v) is 12.8. The van der Waals surface area contributed by atoms with Gasteiger partial charge in [0.05, 0.1) is 10.5 Å². The van der Waals surface area contributed by atoms with Crippen LogP contribution in [0.3, 0.4) is 0 Å². The third-order valence-corrected chi connectivity index (χ3v) is 4.32. The van der Waals surface area contributed by atoms with Crippen molar-refractivity contribution in [2.75, 3.05) is 6.54 Å². The van der Waals surface area contributed by atoms with Gasteiger partial charge < -0.3 is 5.11 Å². The average Bonchev–Trinajstić information content (AvgIpc) is 2.25. The standard InChI is InChI=1S/C14H23NO3S/c1-5-6-14(4,16)10-15-19(17,18)13-8-11(2)7-12(3)9-13/h7-9,15-16H,5-6,10H2,1-4H3. The topological polar surface area (TPSA) is 66.4 Å². The molecule has 0 bridgehead atoms. The minimum atomic E-state index is -3.57. The van der Waals surface area contributed by atoms with E-state index in [0.29, 0.717) is 6.42 Å². The Morgan fingerprint density at radius 2 is 1.74 bits per heavy atom. The van der Waals surface area contributed by atoms with Crippen molar-refractivity contribution in [3.05, 3.63) is 29.3 Å². The van der Waals surface area contributed by atoms with E-state index in [-0.39, 0.29) is 11.4 Å². The van der Waals surface area contributed by atoms with E-state index in [1.807, 2.05) is 26.8 Å². The van der Waals surface area contributed by atoms with Gasteiger partial charge in [0.1, 0.15) is 0 Å². The maximum atomic E-state index is 12.2. The van der Waals surface area contributed by atoms with E-state index in [0.717, 1.165) is 17.5 Å². The van der Waals surface area contributed by atoms with Crippen molar-refractivity contribution in [3.63, 3.8) is 0 Å². The molecule has 0 saturated carbocycles. The van der Waals surface area contributed by atoms with Crippen LogP contribution >= 0.6 is 0 Å². The molecular weight excluding hydrogens is 262 g/mol. The Labute approximate surface area is 115 Å². The number of aryl methyl sites for hydroxylation is 2. The number of sulfonamides is 1. The molecule has 4 nitrogen and oxygen atoms in total. The number of nitrogens with one attached hydrogen (secondary N) is 1. The monoisotopic (exact) mass is 285 g/mol. The normalized spacial score (nSPS) is 15.2. The van der Waals surface area contributed by atoms with Gasteiger partial charge in [-0.1, -0.05) is 19.4 Å². The van der Waals surface area contributed by atoms with Crippen molar-refractivity contribution in [2.45, 2.75) is 51.0 Å². The summed E-state index contributed by atoms with van der Waals surface area (Å²) < 4.78 is 26.8. The number of hydrogen-bond acceptors (Lipinski definition) is 3. The van der Waals surface area contributed by atoms with Crippen LogP contribution in [0.25, 0.3) is 0 Å². The maximum Gasteiger partial charge on any atom is 0.240 e. The quantitative estimate of drug-likeness (QED) is 0.841. The molecule has 0 aromatic heterocycles. The molecule has 1 rings (SSSR count). The second-order valence-electron chi connectivity index (χ2n) is 5.39. The second kappa shape index (κ2) is 6.03. The van der Waals surface area contributed by atoms with Gasteiger partial charge in [0.25, 0.3) is 0 Å². The molecule has 2 N–H and O–H groups in total. The summed E-state index contributed by atoms with van der Waals surface area (Å²) in [7, 11) is -3.57. The molecule has 1 atom stereocenters. The highest BCUT2D eigenvalue weighted by Gasteiger charge is 2.23. The number of aliphatic hydroxyl groups is 1. The molecule has 108 valence electrons. The molecule has 0 spiro atoms. The summed E-state index contributed by atoms with van der Waals surface area (Å²) in [4.78, 5) is 0.247. The van der Waals surface area contributed by atoms with E-state index in [9.17, 15) is 13.5 Å². The molecule has 1 aromatic carbocycles. The molecule has 5 heteroatoms. The maximum absolute atomic E-state index is 12.2. The Morgan fingerprint density at radius 1 is 1.21 bits per heavy atom. The molecule has 0 aliphatic rings. The van der Waals surface area contributed by atoms with Gasteiger partial charge in [0, 0.05) is 6.54 Å². The average molecular weight is 285 g/mol. The molecule has 0 fully saturated rings. The molecule has 19 heavy (non-hydrogen) atoms. The van der Waals surface area contributed by atoms with Gasteiger partial charge in [-0.15, -0.1) is 0 Å². The number of benzene rings is 1. The predicted molar refractivity (Wildman–Crippen MR) is 76.6 cm³/mol. The first-order valence-electron chi connectivity index (χ1n) is 6.47. The van der Waals surface area contributed by atoms with Crippen LogP contribution in [-0.2, 0) is 10.0 Å². The lowest BCUT2D eigenvalue weighted by Crippen LogP contribution is -2.40. The Morgan fingerprint density at radius 3 is 2.21 bits per heavy atom. The fraction of sp³-hybridized carbons (Fsp3) is 0.571. The fourth-order valence-electron chi connectivity index (χ4n) is 2.05. The molecule has 0 amide bonds. The molecular formula is C14H23NO3S. The van der Waals surface area contributed by atoms with Gasteiger partial charge >= 0.3 is 0 Å². The highest BCUT2D eigenvalue weighted by atomic mass is 32.2. The second-order valence-corrected chi connectivity index (χ2v) is 7.16. The van der Waals surface area contributed by atoms with E-state index in [4.69, 9.17) is 0 Å².